The summed E-state index contributed by atoms with van der Waals surface area (Å²) in [7, 11) is 0. The maximum Gasteiger partial charge on any atom is 0.0589 e. The van der Waals surface area contributed by atoms with E-state index in [1.165, 1.54) is 20.9 Å². The fraction of sp³-hybridized carbons (Fsp3) is 0.375. The van der Waals surface area contributed by atoms with Gasteiger partial charge in [0.15, 0.2) is 0 Å². The Balaban J connectivity index is 2.25. The number of benzene rings is 1. The van der Waals surface area contributed by atoms with E-state index in [0.29, 0.717) is 5.25 Å². The van der Waals surface area contributed by atoms with Crippen LogP contribution < -0.4 is 5.73 Å². The Hall–Kier alpha value is -0.290. The first-order valence-corrected chi connectivity index (χ1v) is 9.30. The summed E-state index contributed by atoms with van der Waals surface area (Å²) in [6, 6.07) is 9.02. The Morgan fingerprint density at radius 3 is 2.55 bits per heavy atom. The molecule has 1 aromatic heterocycles. The zero-order valence-electron chi connectivity index (χ0n) is 12.0. The van der Waals surface area contributed by atoms with Crippen LogP contribution in [0.25, 0.3) is 0 Å². The Kier molecular flexibility index (Phi) is 5.73. The van der Waals surface area contributed by atoms with E-state index in [1.54, 1.807) is 11.3 Å². The lowest BCUT2D eigenvalue weighted by molar-refractivity contribution is 0.640. The maximum absolute atomic E-state index is 6.34. The van der Waals surface area contributed by atoms with Crippen LogP contribution in [0.5, 0.6) is 0 Å². The highest BCUT2D eigenvalue weighted by atomic mass is 79.9. The number of nitrogens with two attached hydrogens (primary N) is 1. The highest BCUT2D eigenvalue weighted by molar-refractivity contribution is 9.10. The van der Waals surface area contributed by atoms with Gasteiger partial charge in [-0.3, -0.25) is 0 Å². The first-order valence-electron chi connectivity index (χ1n) is 6.74. The zero-order chi connectivity index (χ0) is 14.7. The molecule has 0 saturated carbocycles. The topological polar surface area (TPSA) is 26.0 Å². The third-order valence-corrected chi connectivity index (χ3v) is 6.78. The van der Waals surface area contributed by atoms with Crippen LogP contribution in [0.3, 0.4) is 0 Å². The van der Waals surface area contributed by atoms with Gasteiger partial charge in [0.2, 0.25) is 0 Å². The van der Waals surface area contributed by atoms with Crippen molar-refractivity contribution in [1.29, 1.82) is 0 Å². The van der Waals surface area contributed by atoms with E-state index < -0.39 is 0 Å². The molecule has 0 radical (unpaired) electrons. The number of thioether (sulfide) groups is 1. The second-order valence-electron chi connectivity index (χ2n) is 5.02. The molecule has 0 fully saturated rings. The molecule has 1 heterocycles. The molecule has 0 aliphatic heterocycles. The summed E-state index contributed by atoms with van der Waals surface area (Å²) in [5.41, 5.74) is 9.02. The molecule has 20 heavy (non-hydrogen) atoms. The predicted molar refractivity (Wildman–Crippen MR) is 94.8 cm³/mol. The van der Waals surface area contributed by atoms with Gasteiger partial charge in [-0.1, -0.05) is 13.0 Å². The van der Waals surface area contributed by atoms with Crippen LogP contribution in [-0.4, -0.2) is 6.04 Å². The minimum atomic E-state index is 0.173. The minimum absolute atomic E-state index is 0.173. The normalized spacial score (nSPS) is 14.2. The summed E-state index contributed by atoms with van der Waals surface area (Å²) in [5, 5.41) is 2.45. The predicted octanol–water partition coefficient (Wildman–Crippen LogP) is 5.70. The van der Waals surface area contributed by atoms with Gasteiger partial charge in [-0.2, -0.15) is 0 Å². The molecule has 0 amide bonds. The van der Waals surface area contributed by atoms with Gasteiger partial charge < -0.3 is 5.73 Å². The molecule has 0 bridgehead atoms. The van der Waals surface area contributed by atoms with Gasteiger partial charge in [-0.15, -0.1) is 23.1 Å². The van der Waals surface area contributed by atoms with Gasteiger partial charge in [0, 0.05) is 25.7 Å². The Bertz CT molecular complexity index is 580. The van der Waals surface area contributed by atoms with Crippen molar-refractivity contribution >= 4 is 39.0 Å². The van der Waals surface area contributed by atoms with Crippen molar-refractivity contribution < 1.29 is 0 Å². The van der Waals surface area contributed by atoms with Gasteiger partial charge in [0.1, 0.15) is 0 Å². The summed E-state index contributed by atoms with van der Waals surface area (Å²) < 4.78 is 1.14. The summed E-state index contributed by atoms with van der Waals surface area (Å²) >= 11 is 7.19. The van der Waals surface area contributed by atoms with E-state index in [2.05, 4.69) is 66.3 Å². The second-order valence-corrected chi connectivity index (χ2v) is 8.10. The lowest BCUT2D eigenvalue weighted by Crippen LogP contribution is -2.25. The first-order chi connectivity index (χ1) is 9.51. The van der Waals surface area contributed by atoms with E-state index >= 15 is 0 Å². The van der Waals surface area contributed by atoms with Gasteiger partial charge in [0.25, 0.3) is 0 Å². The SMILES string of the molecule is CCC(N)C(Sc1ccc(C)c(C)c1)c1cc(Br)cs1. The van der Waals surface area contributed by atoms with Crippen molar-refractivity contribution in [2.75, 3.05) is 0 Å². The zero-order valence-corrected chi connectivity index (χ0v) is 15.2. The minimum Gasteiger partial charge on any atom is -0.326 e. The number of hydrogen-bond donors (Lipinski definition) is 1. The summed E-state index contributed by atoms with van der Waals surface area (Å²) in [4.78, 5) is 2.64. The summed E-state index contributed by atoms with van der Waals surface area (Å²) in [6.45, 7) is 6.46. The summed E-state index contributed by atoms with van der Waals surface area (Å²) in [6.07, 6.45) is 0.984. The Morgan fingerprint density at radius 1 is 1.25 bits per heavy atom. The molecule has 108 valence electrons. The van der Waals surface area contributed by atoms with E-state index in [4.69, 9.17) is 5.73 Å². The molecular formula is C16H20BrNS2. The first kappa shape index (κ1) is 16.1. The van der Waals surface area contributed by atoms with E-state index in [9.17, 15) is 0 Å². The molecule has 0 aliphatic rings. The fourth-order valence-electron chi connectivity index (χ4n) is 1.98. The fourth-order valence-corrected chi connectivity index (χ4v) is 5.03. The molecule has 0 spiro atoms. The van der Waals surface area contributed by atoms with Gasteiger partial charge in [0.05, 0.1) is 5.25 Å². The molecule has 0 aliphatic carbocycles. The van der Waals surface area contributed by atoms with Gasteiger partial charge in [-0.05, 0) is 65.5 Å². The number of aryl methyl sites for hydroxylation is 2. The van der Waals surface area contributed by atoms with Crippen molar-refractivity contribution in [1.82, 2.24) is 0 Å². The molecule has 4 heteroatoms. The third-order valence-electron chi connectivity index (χ3n) is 3.47. The number of rotatable bonds is 5. The van der Waals surface area contributed by atoms with Gasteiger partial charge in [-0.25, -0.2) is 0 Å². The smallest absolute Gasteiger partial charge is 0.0589 e. The van der Waals surface area contributed by atoms with Crippen LogP contribution in [0.4, 0.5) is 0 Å². The summed E-state index contributed by atoms with van der Waals surface area (Å²) in [5.74, 6) is 0. The largest absolute Gasteiger partial charge is 0.326 e. The van der Waals surface area contributed by atoms with Crippen LogP contribution in [0.15, 0.2) is 39.0 Å². The Labute approximate surface area is 138 Å². The molecule has 1 aromatic carbocycles. The number of thiophene rings is 1. The second kappa shape index (κ2) is 7.12. The quantitative estimate of drug-likeness (QED) is 0.684. The molecular weight excluding hydrogens is 350 g/mol. The van der Waals surface area contributed by atoms with Crippen molar-refractivity contribution in [3.8, 4) is 0 Å². The molecule has 2 N–H and O–H groups in total. The molecule has 2 unspecified atom stereocenters. The van der Waals surface area contributed by atoms with Crippen LogP contribution in [0, 0.1) is 13.8 Å². The van der Waals surface area contributed by atoms with Crippen LogP contribution >= 0.6 is 39.0 Å². The number of hydrogen-bond acceptors (Lipinski definition) is 3. The van der Waals surface area contributed by atoms with E-state index in [0.717, 1.165) is 10.9 Å². The molecule has 2 aromatic rings. The van der Waals surface area contributed by atoms with E-state index in [-0.39, 0.29) is 6.04 Å². The molecule has 0 saturated heterocycles. The maximum atomic E-state index is 6.34. The third kappa shape index (κ3) is 3.88. The molecule has 2 rings (SSSR count). The molecule has 1 nitrogen and oxygen atoms in total. The highest BCUT2D eigenvalue weighted by Gasteiger charge is 2.21. The van der Waals surface area contributed by atoms with Gasteiger partial charge >= 0.3 is 0 Å². The highest BCUT2D eigenvalue weighted by Crippen LogP contribution is 2.41. The average Bonchev–Trinajstić information content (AvgIpc) is 2.85. The van der Waals surface area contributed by atoms with Crippen molar-refractivity contribution in [3.63, 3.8) is 0 Å². The van der Waals surface area contributed by atoms with Crippen LogP contribution in [0.2, 0.25) is 0 Å². The van der Waals surface area contributed by atoms with Crippen molar-refractivity contribution in [3.05, 3.63) is 50.1 Å². The van der Waals surface area contributed by atoms with Crippen LogP contribution in [-0.2, 0) is 0 Å². The van der Waals surface area contributed by atoms with E-state index in [1.807, 2.05) is 11.8 Å². The monoisotopic (exact) mass is 369 g/mol. The van der Waals surface area contributed by atoms with Crippen molar-refractivity contribution in [2.24, 2.45) is 5.73 Å². The lowest BCUT2D eigenvalue weighted by atomic mass is 10.1. The Morgan fingerprint density at radius 2 is 2.00 bits per heavy atom. The number of halogens is 1. The van der Waals surface area contributed by atoms with Crippen molar-refractivity contribution in [2.45, 2.75) is 43.4 Å². The molecule has 2 atom stereocenters. The average molecular weight is 370 g/mol. The lowest BCUT2D eigenvalue weighted by Gasteiger charge is -2.21. The standard InChI is InChI=1S/C16H20BrNS2/c1-4-14(18)16(15-8-12(17)9-19-15)20-13-6-5-10(2)11(3)7-13/h5-9,14,16H,4,18H2,1-3H3. The van der Waals surface area contributed by atoms with Crippen LogP contribution in [0.1, 0.15) is 34.6 Å².